The Morgan fingerprint density at radius 1 is 1.02 bits per heavy atom. The van der Waals surface area contributed by atoms with Crippen molar-refractivity contribution < 1.29 is 18.9 Å². The Balaban J connectivity index is 1.00. The molecule has 6 heterocycles. The molecule has 13 nitrogen and oxygen atoms in total. The predicted molar refractivity (Wildman–Crippen MR) is 188 cm³/mol. The van der Waals surface area contributed by atoms with Crippen LogP contribution in [0.2, 0.25) is 5.02 Å². The SMILES string of the molecule is C[C@@H](CN/C=N\C=N)Oc1cc(-c2cnc(Nc3cn([C@H]4CC[C@H](N5C[C@H]6CC[C@@H]5COC6)CC4)nc3OCC3COC3)nc2)ccc1Cl. The lowest BCUT2D eigenvalue weighted by atomic mass is 9.86. The van der Waals surface area contributed by atoms with Gasteiger partial charge in [-0.1, -0.05) is 17.7 Å². The van der Waals surface area contributed by atoms with Gasteiger partial charge in [-0.2, -0.15) is 0 Å². The molecular formula is C35H46ClN9O4. The van der Waals surface area contributed by atoms with Crippen molar-refractivity contribution in [3.8, 4) is 22.8 Å². The molecule has 2 aromatic heterocycles. The number of rotatable bonds is 14. The molecule has 3 N–H and O–H groups in total. The van der Waals surface area contributed by atoms with Crippen molar-refractivity contribution >= 4 is 35.9 Å². The number of fused-ring (bicyclic) bond motifs is 4. The molecule has 0 radical (unpaired) electrons. The lowest BCUT2D eigenvalue weighted by molar-refractivity contribution is -0.0514. The van der Waals surface area contributed by atoms with Crippen molar-refractivity contribution in [1.82, 2.24) is 30.0 Å². The third kappa shape index (κ3) is 8.34. The first kappa shape index (κ1) is 33.7. The Labute approximate surface area is 292 Å². The van der Waals surface area contributed by atoms with Crippen molar-refractivity contribution in [1.29, 1.82) is 5.41 Å². The third-order valence-electron chi connectivity index (χ3n) is 10.0. The van der Waals surface area contributed by atoms with Crippen LogP contribution in [0.15, 0.2) is 41.8 Å². The standard InChI is InChI=1S/C35H46ClN9O4/c1-23(11-38-22-39-21-37)49-33-10-26(3-9-31(33)36)27-12-40-35(41-13-27)42-32-15-45(43-34(32)48-19-25-17-46-18-25)29-7-5-28(6-8-29)44-14-24-2-4-30(44)20-47-16-24/h3,9-10,12-13,15,21-25,28-30H,2,4-8,11,14,16-20H2,1H3,(H2,37,38,39)(H,40,41,42)/t23-,24+,28-,29-,30+/m0/s1. The van der Waals surface area contributed by atoms with E-state index in [1.807, 2.05) is 25.3 Å². The Bertz CT molecular complexity index is 1570. The van der Waals surface area contributed by atoms with Crippen LogP contribution >= 0.6 is 11.6 Å². The largest absolute Gasteiger partial charge is 0.487 e. The molecule has 4 saturated heterocycles. The average molecular weight is 692 g/mol. The number of halogens is 1. The van der Waals surface area contributed by atoms with Gasteiger partial charge in [0.2, 0.25) is 5.95 Å². The molecule has 262 valence electrons. The molecule has 1 aliphatic carbocycles. The van der Waals surface area contributed by atoms with Crippen LogP contribution in [0.25, 0.3) is 11.1 Å². The van der Waals surface area contributed by atoms with Crippen LogP contribution in [0.1, 0.15) is 51.5 Å². The van der Waals surface area contributed by atoms with Gasteiger partial charge in [0.1, 0.15) is 23.9 Å². The van der Waals surface area contributed by atoms with Gasteiger partial charge >= 0.3 is 0 Å². The van der Waals surface area contributed by atoms with E-state index in [1.165, 1.54) is 38.6 Å². The summed E-state index contributed by atoms with van der Waals surface area (Å²) in [5.41, 5.74) is 2.47. The summed E-state index contributed by atoms with van der Waals surface area (Å²) in [7, 11) is 0. The molecule has 0 unspecified atom stereocenters. The van der Waals surface area contributed by atoms with Gasteiger partial charge in [-0.25, -0.2) is 15.0 Å². The Morgan fingerprint density at radius 3 is 2.57 bits per heavy atom. The molecule has 1 aromatic carbocycles. The lowest BCUT2D eigenvalue weighted by Gasteiger charge is -2.43. The molecule has 1 saturated carbocycles. The van der Waals surface area contributed by atoms with Gasteiger partial charge in [0.05, 0.1) is 63.2 Å². The first-order valence-corrected chi connectivity index (χ1v) is 17.8. The van der Waals surface area contributed by atoms with Gasteiger partial charge in [-0.15, -0.1) is 5.10 Å². The topological polar surface area (TPSA) is 144 Å². The van der Waals surface area contributed by atoms with E-state index in [0.29, 0.717) is 65.7 Å². The first-order chi connectivity index (χ1) is 24.0. The third-order valence-corrected chi connectivity index (χ3v) is 10.3. The van der Waals surface area contributed by atoms with Crippen LogP contribution < -0.4 is 20.1 Å². The maximum Gasteiger partial charge on any atom is 0.256 e. The zero-order chi connectivity index (χ0) is 33.6. The summed E-state index contributed by atoms with van der Waals surface area (Å²) in [6, 6.07) is 7.13. The molecular weight excluding hydrogens is 646 g/mol. The van der Waals surface area contributed by atoms with Gasteiger partial charge in [0.15, 0.2) is 0 Å². The number of nitrogens with zero attached hydrogens (tertiary/aromatic N) is 6. The maximum atomic E-state index is 6.96. The first-order valence-electron chi connectivity index (χ1n) is 17.4. The fourth-order valence-electron chi connectivity index (χ4n) is 7.25. The zero-order valence-electron chi connectivity index (χ0n) is 28.0. The Morgan fingerprint density at radius 2 is 1.80 bits per heavy atom. The Kier molecular flexibility index (Phi) is 10.9. The minimum atomic E-state index is -0.179. The number of hydrogen-bond acceptors (Lipinski definition) is 10. The summed E-state index contributed by atoms with van der Waals surface area (Å²) in [6.07, 6.45) is 14.9. The minimum absolute atomic E-state index is 0.179. The van der Waals surface area contributed by atoms with Crippen LogP contribution in [-0.4, -0.2) is 102 Å². The van der Waals surface area contributed by atoms with E-state index in [4.69, 9.17) is 41.1 Å². The zero-order valence-corrected chi connectivity index (χ0v) is 28.7. The van der Waals surface area contributed by atoms with Gasteiger partial charge in [-0.05, 0) is 69.1 Å². The summed E-state index contributed by atoms with van der Waals surface area (Å²) < 4.78 is 25.7. The van der Waals surface area contributed by atoms with E-state index >= 15 is 0 Å². The molecule has 4 aliphatic heterocycles. The quantitative estimate of drug-likeness (QED) is 0.150. The van der Waals surface area contributed by atoms with Gasteiger partial charge < -0.3 is 29.6 Å². The van der Waals surface area contributed by atoms with E-state index in [1.54, 1.807) is 18.5 Å². The number of benzene rings is 1. The fourth-order valence-corrected chi connectivity index (χ4v) is 7.42. The number of nitrogens with one attached hydrogen (secondary N) is 3. The maximum absolute atomic E-state index is 6.96. The van der Waals surface area contributed by atoms with E-state index in [9.17, 15) is 0 Å². The van der Waals surface area contributed by atoms with Crippen molar-refractivity contribution in [2.45, 2.75) is 69.7 Å². The number of anilines is 2. The molecule has 14 heteroatoms. The molecule has 0 spiro atoms. The van der Waals surface area contributed by atoms with Crippen LogP contribution in [0, 0.1) is 17.2 Å². The van der Waals surface area contributed by atoms with Crippen LogP contribution in [-0.2, 0) is 9.47 Å². The molecule has 3 atom stereocenters. The van der Waals surface area contributed by atoms with Crippen LogP contribution in [0.5, 0.6) is 11.6 Å². The second-order valence-electron chi connectivity index (χ2n) is 13.6. The highest BCUT2D eigenvalue weighted by atomic mass is 35.5. The van der Waals surface area contributed by atoms with Crippen molar-refractivity contribution in [3.63, 3.8) is 0 Å². The van der Waals surface area contributed by atoms with Gasteiger partial charge in [0.25, 0.3) is 5.88 Å². The molecule has 3 aromatic rings. The summed E-state index contributed by atoms with van der Waals surface area (Å²) in [5, 5.41) is 18.8. The summed E-state index contributed by atoms with van der Waals surface area (Å²) in [4.78, 5) is 15.7. The summed E-state index contributed by atoms with van der Waals surface area (Å²) in [6.45, 7) is 7.43. The van der Waals surface area contributed by atoms with Gasteiger partial charge in [0, 0.05) is 42.5 Å². The summed E-state index contributed by atoms with van der Waals surface area (Å²) in [5.74, 6) is 2.65. The number of aliphatic imine (C=N–C) groups is 1. The molecule has 2 bridgehead atoms. The number of ether oxygens (including phenoxy) is 4. The highest BCUT2D eigenvalue weighted by Gasteiger charge is 2.38. The average Bonchev–Trinajstić information content (AvgIpc) is 3.23. The Hall–Kier alpha value is -3.78. The molecule has 8 rings (SSSR count). The monoisotopic (exact) mass is 691 g/mol. The van der Waals surface area contributed by atoms with E-state index in [2.05, 4.69) is 35.2 Å². The molecule has 5 fully saturated rings. The predicted octanol–water partition coefficient (Wildman–Crippen LogP) is 5.35. The normalized spacial score (nSPS) is 25.0. The highest BCUT2D eigenvalue weighted by molar-refractivity contribution is 6.32. The molecule has 49 heavy (non-hydrogen) atoms. The van der Waals surface area contributed by atoms with Crippen molar-refractivity contribution in [2.24, 2.45) is 16.8 Å². The highest BCUT2D eigenvalue weighted by Crippen LogP contribution is 2.38. The van der Waals surface area contributed by atoms with Crippen LogP contribution in [0.4, 0.5) is 11.6 Å². The second kappa shape index (κ2) is 15.8. The molecule has 0 amide bonds. The molecule has 5 aliphatic rings. The summed E-state index contributed by atoms with van der Waals surface area (Å²) >= 11 is 6.44. The van der Waals surface area contributed by atoms with Crippen molar-refractivity contribution in [2.75, 3.05) is 51.4 Å². The fraction of sp³-hybridized carbons (Fsp3) is 0.571. The number of aromatic nitrogens is 4. The van der Waals surface area contributed by atoms with Crippen molar-refractivity contribution in [3.05, 3.63) is 41.8 Å². The minimum Gasteiger partial charge on any atom is -0.487 e. The van der Waals surface area contributed by atoms with Crippen LogP contribution in [0.3, 0.4) is 0 Å². The lowest BCUT2D eigenvalue weighted by Crippen LogP contribution is -2.50. The van der Waals surface area contributed by atoms with E-state index in [-0.39, 0.29) is 6.10 Å². The van der Waals surface area contributed by atoms with E-state index in [0.717, 1.165) is 62.4 Å². The number of piperidine rings is 1. The second-order valence-corrected chi connectivity index (χ2v) is 14.1. The smallest absolute Gasteiger partial charge is 0.256 e. The number of hydrogen-bond donors (Lipinski definition) is 3. The van der Waals surface area contributed by atoms with Gasteiger partial charge in [-0.3, -0.25) is 15.0 Å². The van der Waals surface area contributed by atoms with E-state index < -0.39 is 0 Å².